The highest BCUT2D eigenvalue weighted by Gasteiger charge is 2.27. The monoisotopic (exact) mass is 240 g/mol. The molecule has 4 atom stereocenters. The molecule has 2 nitrogen and oxygen atoms in total. The van der Waals surface area contributed by atoms with E-state index in [1.54, 1.807) is 0 Å². The molecule has 4 unspecified atom stereocenters. The lowest BCUT2D eigenvalue weighted by atomic mass is 9.79. The van der Waals surface area contributed by atoms with Crippen molar-refractivity contribution in [2.75, 3.05) is 13.6 Å². The third-order valence-corrected chi connectivity index (χ3v) is 4.39. The molecule has 0 aliphatic heterocycles. The normalized spacial score (nSPS) is 32.1. The van der Waals surface area contributed by atoms with Gasteiger partial charge in [-0.25, -0.2) is 0 Å². The minimum absolute atomic E-state index is 0.430. The fraction of sp³-hybridized carbons (Fsp3) is 1.00. The number of nitrogens with zero attached hydrogens (tertiary/aromatic N) is 1. The first kappa shape index (κ1) is 15.0. The SMILES string of the molecule is CC(C)CC(C)N(C)CC1CC(C)CCC1N. The van der Waals surface area contributed by atoms with Crippen LogP contribution >= 0.6 is 0 Å². The van der Waals surface area contributed by atoms with Crippen molar-refractivity contribution in [3.63, 3.8) is 0 Å². The average Bonchev–Trinajstić information content (AvgIpc) is 2.22. The summed E-state index contributed by atoms with van der Waals surface area (Å²) in [6, 6.07) is 1.11. The quantitative estimate of drug-likeness (QED) is 0.800. The van der Waals surface area contributed by atoms with Gasteiger partial charge in [-0.05, 0) is 57.4 Å². The van der Waals surface area contributed by atoms with Crippen LogP contribution in [0.5, 0.6) is 0 Å². The lowest BCUT2D eigenvalue weighted by Crippen LogP contribution is -2.44. The van der Waals surface area contributed by atoms with Gasteiger partial charge in [0.05, 0.1) is 0 Å². The third kappa shape index (κ3) is 4.97. The van der Waals surface area contributed by atoms with Gasteiger partial charge in [0.1, 0.15) is 0 Å². The number of rotatable bonds is 5. The molecular weight excluding hydrogens is 208 g/mol. The predicted octanol–water partition coefficient (Wildman–Crippen LogP) is 3.12. The van der Waals surface area contributed by atoms with E-state index in [0.29, 0.717) is 18.0 Å². The van der Waals surface area contributed by atoms with E-state index >= 15 is 0 Å². The van der Waals surface area contributed by atoms with E-state index in [-0.39, 0.29) is 0 Å². The highest BCUT2D eigenvalue weighted by atomic mass is 15.1. The Bertz CT molecular complexity index is 215. The summed E-state index contributed by atoms with van der Waals surface area (Å²) in [5.41, 5.74) is 6.26. The van der Waals surface area contributed by atoms with Gasteiger partial charge in [0.25, 0.3) is 0 Å². The fourth-order valence-electron chi connectivity index (χ4n) is 3.14. The summed E-state index contributed by atoms with van der Waals surface area (Å²) in [4.78, 5) is 2.52. The van der Waals surface area contributed by atoms with Crippen molar-refractivity contribution < 1.29 is 0 Å². The van der Waals surface area contributed by atoms with Crippen molar-refractivity contribution in [2.45, 2.75) is 65.5 Å². The smallest absolute Gasteiger partial charge is 0.00795 e. The molecule has 0 aromatic carbocycles. The Balaban J connectivity index is 2.40. The van der Waals surface area contributed by atoms with Crippen LogP contribution in [0.1, 0.15) is 53.4 Å². The van der Waals surface area contributed by atoms with E-state index in [2.05, 4.69) is 39.6 Å². The van der Waals surface area contributed by atoms with E-state index in [0.717, 1.165) is 11.8 Å². The Morgan fingerprint density at radius 1 is 1.24 bits per heavy atom. The molecule has 0 bridgehead atoms. The van der Waals surface area contributed by atoms with Crippen molar-refractivity contribution in [2.24, 2.45) is 23.5 Å². The molecule has 0 heterocycles. The second kappa shape index (κ2) is 6.75. The molecule has 0 radical (unpaired) electrons. The number of hydrogen-bond acceptors (Lipinski definition) is 2. The van der Waals surface area contributed by atoms with Gasteiger partial charge in [-0.2, -0.15) is 0 Å². The van der Waals surface area contributed by atoms with Crippen molar-refractivity contribution in [3.05, 3.63) is 0 Å². The maximum Gasteiger partial charge on any atom is 0.00795 e. The Kier molecular flexibility index (Phi) is 5.94. The molecule has 2 heteroatoms. The van der Waals surface area contributed by atoms with Crippen LogP contribution in [0, 0.1) is 17.8 Å². The zero-order valence-corrected chi connectivity index (χ0v) is 12.4. The molecule has 1 rings (SSSR count). The van der Waals surface area contributed by atoms with Crippen LogP contribution in [-0.2, 0) is 0 Å². The van der Waals surface area contributed by atoms with Crippen LogP contribution < -0.4 is 5.73 Å². The molecule has 102 valence electrons. The fourth-order valence-corrected chi connectivity index (χ4v) is 3.14. The Labute approximate surface area is 108 Å². The van der Waals surface area contributed by atoms with Crippen LogP contribution in [0.25, 0.3) is 0 Å². The van der Waals surface area contributed by atoms with Gasteiger partial charge < -0.3 is 10.6 Å². The second-order valence-corrected chi connectivity index (χ2v) is 6.76. The van der Waals surface area contributed by atoms with Crippen LogP contribution in [-0.4, -0.2) is 30.6 Å². The Morgan fingerprint density at radius 3 is 2.47 bits per heavy atom. The summed E-state index contributed by atoms with van der Waals surface area (Å²) in [7, 11) is 2.26. The molecule has 0 aromatic heterocycles. The van der Waals surface area contributed by atoms with E-state index < -0.39 is 0 Å². The first-order chi connectivity index (χ1) is 7.90. The number of nitrogens with two attached hydrogens (primary N) is 1. The molecule has 1 aliphatic rings. The maximum absolute atomic E-state index is 6.26. The highest BCUT2D eigenvalue weighted by molar-refractivity contribution is 4.83. The molecule has 0 saturated heterocycles. The van der Waals surface area contributed by atoms with Gasteiger partial charge in [0.15, 0.2) is 0 Å². The minimum atomic E-state index is 0.430. The van der Waals surface area contributed by atoms with E-state index in [1.807, 2.05) is 0 Å². The summed E-state index contributed by atoms with van der Waals surface area (Å²) in [5, 5.41) is 0. The maximum atomic E-state index is 6.26. The first-order valence-corrected chi connectivity index (χ1v) is 7.36. The molecule has 2 N–H and O–H groups in total. The van der Waals surface area contributed by atoms with E-state index in [4.69, 9.17) is 5.73 Å². The molecule has 1 fully saturated rings. The van der Waals surface area contributed by atoms with Crippen molar-refractivity contribution in [1.82, 2.24) is 4.90 Å². The summed E-state index contributed by atoms with van der Waals surface area (Å²) in [5.74, 6) is 2.36. The molecule has 1 saturated carbocycles. The predicted molar refractivity (Wildman–Crippen MR) is 76.0 cm³/mol. The third-order valence-electron chi connectivity index (χ3n) is 4.39. The molecule has 0 amide bonds. The summed E-state index contributed by atoms with van der Waals surface area (Å²) >= 11 is 0. The zero-order chi connectivity index (χ0) is 13.0. The minimum Gasteiger partial charge on any atom is -0.327 e. The Hall–Kier alpha value is -0.0800. The lowest BCUT2D eigenvalue weighted by Gasteiger charge is -2.37. The van der Waals surface area contributed by atoms with Gasteiger partial charge in [0.2, 0.25) is 0 Å². The lowest BCUT2D eigenvalue weighted by molar-refractivity contribution is 0.145. The topological polar surface area (TPSA) is 29.3 Å². The van der Waals surface area contributed by atoms with Gasteiger partial charge in [0, 0.05) is 18.6 Å². The van der Waals surface area contributed by atoms with Crippen LogP contribution in [0.2, 0.25) is 0 Å². The number of hydrogen-bond donors (Lipinski definition) is 1. The standard InChI is InChI=1S/C15H32N2/c1-11(2)8-13(4)17(5)10-14-9-12(3)6-7-15(14)16/h11-15H,6-10,16H2,1-5H3. The summed E-state index contributed by atoms with van der Waals surface area (Å²) < 4.78 is 0. The van der Waals surface area contributed by atoms with Crippen molar-refractivity contribution in [1.29, 1.82) is 0 Å². The van der Waals surface area contributed by atoms with Gasteiger partial charge in [-0.15, -0.1) is 0 Å². The van der Waals surface area contributed by atoms with Crippen LogP contribution in [0.3, 0.4) is 0 Å². The first-order valence-electron chi connectivity index (χ1n) is 7.36. The largest absolute Gasteiger partial charge is 0.327 e. The van der Waals surface area contributed by atoms with Crippen LogP contribution in [0.4, 0.5) is 0 Å². The Morgan fingerprint density at radius 2 is 1.88 bits per heavy atom. The van der Waals surface area contributed by atoms with Crippen molar-refractivity contribution >= 4 is 0 Å². The average molecular weight is 240 g/mol. The summed E-state index contributed by atoms with van der Waals surface area (Å²) in [6.07, 6.45) is 5.15. The molecule has 17 heavy (non-hydrogen) atoms. The second-order valence-electron chi connectivity index (χ2n) is 6.76. The van der Waals surface area contributed by atoms with E-state index in [9.17, 15) is 0 Å². The van der Waals surface area contributed by atoms with Gasteiger partial charge >= 0.3 is 0 Å². The van der Waals surface area contributed by atoms with E-state index in [1.165, 1.54) is 32.2 Å². The molecular formula is C15H32N2. The van der Waals surface area contributed by atoms with Gasteiger partial charge in [-0.1, -0.05) is 20.8 Å². The zero-order valence-electron chi connectivity index (χ0n) is 12.4. The highest BCUT2D eigenvalue weighted by Crippen LogP contribution is 2.29. The molecule has 0 spiro atoms. The van der Waals surface area contributed by atoms with Crippen molar-refractivity contribution in [3.8, 4) is 0 Å². The molecule has 1 aliphatic carbocycles. The van der Waals surface area contributed by atoms with Crippen LogP contribution in [0.15, 0.2) is 0 Å². The van der Waals surface area contributed by atoms with Gasteiger partial charge in [-0.3, -0.25) is 0 Å². The molecule has 0 aromatic rings. The summed E-state index contributed by atoms with van der Waals surface area (Å²) in [6.45, 7) is 10.5.